The molecule has 1 fully saturated rings. The minimum absolute atomic E-state index is 0.00638. The van der Waals surface area contributed by atoms with Crippen molar-refractivity contribution in [2.24, 2.45) is 4.99 Å². The van der Waals surface area contributed by atoms with Crippen LogP contribution in [0.1, 0.15) is 18.9 Å². The van der Waals surface area contributed by atoms with Crippen molar-refractivity contribution >= 4 is 40.1 Å². The highest BCUT2D eigenvalue weighted by molar-refractivity contribution is 8.15. The van der Waals surface area contributed by atoms with E-state index in [1.165, 1.54) is 11.0 Å². The zero-order valence-corrected chi connectivity index (χ0v) is 21.5. The summed E-state index contributed by atoms with van der Waals surface area (Å²) in [5.41, 5.74) is 1.72. The highest BCUT2D eigenvalue weighted by Crippen LogP contribution is 2.31. The number of carbonyl (C=O) groups excluding carboxylic acids is 2. The number of rotatable bonds is 9. The van der Waals surface area contributed by atoms with Gasteiger partial charge in [-0.25, -0.2) is 9.38 Å². The topological polar surface area (TPSA) is 80.2 Å². The number of methoxy groups -OCH3 is 1. The molecule has 1 aliphatic heterocycles. The van der Waals surface area contributed by atoms with Gasteiger partial charge in [-0.3, -0.25) is 14.5 Å². The quantitative estimate of drug-likeness (QED) is 0.406. The summed E-state index contributed by atoms with van der Waals surface area (Å²) in [6.07, 6.45) is 0.571. The fourth-order valence-electron chi connectivity index (χ4n) is 3.76. The van der Waals surface area contributed by atoms with Crippen LogP contribution in [0.2, 0.25) is 0 Å². The van der Waals surface area contributed by atoms with Crippen LogP contribution in [0.3, 0.4) is 0 Å². The van der Waals surface area contributed by atoms with Crippen LogP contribution in [-0.4, -0.2) is 47.4 Å². The summed E-state index contributed by atoms with van der Waals surface area (Å²) >= 11 is 1.16. The van der Waals surface area contributed by atoms with Crippen molar-refractivity contribution in [1.29, 1.82) is 0 Å². The molecule has 3 aromatic rings. The highest BCUT2D eigenvalue weighted by Gasteiger charge is 2.36. The number of nitrogens with zero attached hydrogens (tertiary/aromatic N) is 2. The van der Waals surface area contributed by atoms with Crippen LogP contribution in [0.15, 0.2) is 77.8 Å². The molecule has 0 bridgehead atoms. The molecule has 1 atom stereocenters. The Morgan fingerprint density at radius 3 is 2.46 bits per heavy atom. The predicted octanol–water partition coefficient (Wildman–Crippen LogP) is 5.44. The maximum Gasteiger partial charge on any atom is 0.238 e. The summed E-state index contributed by atoms with van der Waals surface area (Å²) in [7, 11) is 1.60. The molecule has 4 rings (SSSR count). The van der Waals surface area contributed by atoms with Crippen molar-refractivity contribution in [1.82, 2.24) is 4.90 Å². The van der Waals surface area contributed by atoms with Crippen molar-refractivity contribution in [2.45, 2.75) is 25.0 Å². The third-order valence-corrected chi connectivity index (χ3v) is 6.90. The number of hydrogen-bond donors (Lipinski definition) is 1. The molecule has 2 amide bonds. The molecule has 0 aliphatic carbocycles. The summed E-state index contributed by atoms with van der Waals surface area (Å²) in [6, 6.07) is 20.7. The normalized spacial score (nSPS) is 16.5. The number of anilines is 1. The zero-order valence-electron chi connectivity index (χ0n) is 20.6. The molecular weight excluding hydrogens is 493 g/mol. The molecule has 0 saturated carbocycles. The van der Waals surface area contributed by atoms with Gasteiger partial charge in [0.1, 0.15) is 28.3 Å². The number of para-hydroxylation sites is 1. The third kappa shape index (κ3) is 6.89. The molecule has 192 valence electrons. The van der Waals surface area contributed by atoms with Crippen molar-refractivity contribution < 1.29 is 23.5 Å². The van der Waals surface area contributed by atoms with Gasteiger partial charge < -0.3 is 14.8 Å². The smallest absolute Gasteiger partial charge is 0.238 e. The van der Waals surface area contributed by atoms with E-state index in [0.717, 1.165) is 23.1 Å². The molecule has 1 aliphatic rings. The van der Waals surface area contributed by atoms with Gasteiger partial charge in [-0.05, 0) is 67.4 Å². The lowest BCUT2D eigenvalue weighted by Crippen LogP contribution is -2.46. The number of halogens is 1. The van der Waals surface area contributed by atoms with Crippen molar-refractivity contribution in [3.63, 3.8) is 0 Å². The van der Waals surface area contributed by atoms with Crippen LogP contribution in [0.4, 0.5) is 15.8 Å². The summed E-state index contributed by atoms with van der Waals surface area (Å²) in [5.74, 6) is 0.387. The number of hydrogen-bond acceptors (Lipinski definition) is 6. The lowest BCUT2D eigenvalue weighted by Gasteiger charge is -2.32. The standard InChI is InChI=1S/C28H28FN3O4S/c1-3-36-22-14-10-20(11-15-22)30-27(34)25-18-26(33)32(17-16-19-8-12-21(35-2)13-9-19)28(37-25)31-24-7-5-4-6-23(24)29/h4-15,25H,3,16-18H2,1-2H3,(H,30,34)/t25-/m1/s1. The van der Waals surface area contributed by atoms with E-state index in [9.17, 15) is 14.0 Å². The van der Waals surface area contributed by atoms with Gasteiger partial charge >= 0.3 is 0 Å². The second kappa shape index (κ2) is 12.4. The first-order valence-corrected chi connectivity index (χ1v) is 12.8. The number of benzene rings is 3. The van der Waals surface area contributed by atoms with Crippen molar-refractivity contribution in [3.8, 4) is 11.5 Å². The van der Waals surface area contributed by atoms with Gasteiger partial charge in [-0.2, -0.15) is 0 Å². The molecule has 1 N–H and O–H groups in total. The lowest BCUT2D eigenvalue weighted by molar-refractivity contribution is -0.129. The number of ether oxygens (including phenoxy) is 2. The van der Waals surface area contributed by atoms with Crippen LogP contribution in [0.5, 0.6) is 11.5 Å². The average molecular weight is 522 g/mol. The summed E-state index contributed by atoms with van der Waals surface area (Å²) in [6.45, 7) is 2.79. The molecule has 0 radical (unpaired) electrons. The molecule has 1 heterocycles. The zero-order chi connectivity index (χ0) is 26.2. The van der Waals surface area contributed by atoms with Gasteiger partial charge in [0, 0.05) is 18.7 Å². The van der Waals surface area contributed by atoms with Crippen LogP contribution >= 0.6 is 11.8 Å². The Labute approximate surface area is 219 Å². The third-order valence-electron chi connectivity index (χ3n) is 5.72. The van der Waals surface area contributed by atoms with E-state index in [1.807, 2.05) is 31.2 Å². The van der Waals surface area contributed by atoms with Crippen molar-refractivity contribution in [2.75, 3.05) is 25.6 Å². The van der Waals surface area contributed by atoms with Gasteiger partial charge in [0.25, 0.3) is 0 Å². The van der Waals surface area contributed by atoms with Crippen molar-refractivity contribution in [3.05, 3.63) is 84.2 Å². The molecular formula is C28H28FN3O4S. The SMILES string of the molecule is CCOc1ccc(NC(=O)[C@H]2CC(=O)N(CCc3ccc(OC)cc3)C(=Nc3ccccc3F)S2)cc1. The minimum atomic E-state index is -0.707. The van der Waals surface area contributed by atoms with Gasteiger partial charge in [0.2, 0.25) is 11.8 Å². The van der Waals surface area contributed by atoms with E-state index in [2.05, 4.69) is 10.3 Å². The summed E-state index contributed by atoms with van der Waals surface area (Å²) < 4.78 is 25.0. The lowest BCUT2D eigenvalue weighted by atomic mass is 10.1. The average Bonchev–Trinajstić information content (AvgIpc) is 2.91. The van der Waals surface area contributed by atoms with Gasteiger partial charge in [-0.1, -0.05) is 36.0 Å². The molecule has 37 heavy (non-hydrogen) atoms. The largest absolute Gasteiger partial charge is 0.497 e. The van der Waals surface area contributed by atoms with Crippen LogP contribution in [-0.2, 0) is 16.0 Å². The number of aliphatic imine (C=N–C) groups is 1. The number of amidine groups is 1. The van der Waals surface area contributed by atoms with Gasteiger partial charge in [0.05, 0.1) is 13.7 Å². The fourth-order valence-corrected chi connectivity index (χ4v) is 4.88. The molecule has 9 heteroatoms. The second-order valence-electron chi connectivity index (χ2n) is 8.25. The van der Waals surface area contributed by atoms with Crippen LogP contribution in [0, 0.1) is 5.82 Å². The minimum Gasteiger partial charge on any atom is -0.497 e. The number of nitrogens with one attached hydrogen (secondary N) is 1. The van der Waals surface area contributed by atoms with E-state index in [-0.39, 0.29) is 23.9 Å². The summed E-state index contributed by atoms with van der Waals surface area (Å²) in [4.78, 5) is 32.3. The van der Waals surface area contributed by atoms with E-state index in [0.29, 0.717) is 36.2 Å². The van der Waals surface area contributed by atoms with Crippen LogP contribution in [0.25, 0.3) is 0 Å². The second-order valence-corrected chi connectivity index (χ2v) is 9.42. The Balaban J connectivity index is 1.52. The molecule has 7 nitrogen and oxygen atoms in total. The number of carbonyl (C=O) groups is 2. The Bertz CT molecular complexity index is 1270. The summed E-state index contributed by atoms with van der Waals surface area (Å²) in [5, 5.41) is 2.44. The van der Waals surface area contributed by atoms with Gasteiger partial charge in [-0.15, -0.1) is 0 Å². The van der Waals surface area contributed by atoms with E-state index < -0.39 is 11.1 Å². The maximum atomic E-state index is 14.4. The predicted molar refractivity (Wildman–Crippen MR) is 144 cm³/mol. The first-order chi connectivity index (χ1) is 18.0. The number of thioether (sulfide) groups is 1. The fraction of sp³-hybridized carbons (Fsp3) is 0.250. The van der Waals surface area contributed by atoms with E-state index >= 15 is 0 Å². The van der Waals surface area contributed by atoms with E-state index in [1.54, 1.807) is 49.6 Å². The first kappa shape index (κ1) is 26.2. The maximum absolute atomic E-state index is 14.4. The highest BCUT2D eigenvalue weighted by atomic mass is 32.2. The van der Waals surface area contributed by atoms with Crippen LogP contribution < -0.4 is 14.8 Å². The Kier molecular flexibility index (Phi) is 8.79. The monoisotopic (exact) mass is 521 g/mol. The molecule has 0 spiro atoms. The molecule has 3 aromatic carbocycles. The Morgan fingerprint density at radius 2 is 1.78 bits per heavy atom. The van der Waals surface area contributed by atoms with Gasteiger partial charge in [0.15, 0.2) is 5.17 Å². The van der Waals surface area contributed by atoms with E-state index in [4.69, 9.17) is 9.47 Å². The number of amides is 2. The molecule has 0 aromatic heterocycles. The molecule has 0 unspecified atom stereocenters. The Morgan fingerprint density at radius 1 is 1.08 bits per heavy atom. The Hall–Kier alpha value is -3.85. The first-order valence-electron chi connectivity index (χ1n) is 11.9. The molecule has 1 saturated heterocycles.